The SMILES string of the molecule is CCCC(=O)CCC(C)O. The van der Waals surface area contributed by atoms with Gasteiger partial charge in [-0.2, -0.15) is 0 Å². The Kier molecular flexibility index (Phi) is 5.22. The number of rotatable bonds is 5. The number of aliphatic hydroxyl groups excluding tert-OH is 1. The number of hydrogen-bond acceptors (Lipinski definition) is 2. The van der Waals surface area contributed by atoms with Gasteiger partial charge in [0.05, 0.1) is 6.10 Å². The smallest absolute Gasteiger partial charge is 0.132 e. The first-order valence-corrected chi connectivity index (χ1v) is 3.86. The summed E-state index contributed by atoms with van der Waals surface area (Å²) in [5.74, 6) is 0.267. The average Bonchev–Trinajstić information content (AvgIpc) is 1.85. The molecule has 0 aliphatic carbocycles. The van der Waals surface area contributed by atoms with Crippen molar-refractivity contribution in [2.45, 2.75) is 45.6 Å². The predicted molar refractivity (Wildman–Crippen MR) is 40.8 cm³/mol. The molecule has 0 aliphatic heterocycles. The highest BCUT2D eigenvalue weighted by Crippen LogP contribution is 2.00. The fraction of sp³-hybridized carbons (Fsp3) is 0.875. The van der Waals surface area contributed by atoms with Crippen LogP contribution in [-0.4, -0.2) is 17.0 Å². The van der Waals surface area contributed by atoms with E-state index in [1.54, 1.807) is 6.92 Å². The zero-order valence-corrected chi connectivity index (χ0v) is 6.76. The maximum atomic E-state index is 10.8. The van der Waals surface area contributed by atoms with Crippen LogP contribution in [0.2, 0.25) is 0 Å². The molecule has 1 unspecified atom stereocenters. The van der Waals surface area contributed by atoms with Crippen LogP contribution in [0.3, 0.4) is 0 Å². The molecule has 0 saturated carbocycles. The van der Waals surface area contributed by atoms with Crippen LogP contribution < -0.4 is 0 Å². The van der Waals surface area contributed by atoms with Crippen molar-refractivity contribution >= 4 is 5.78 Å². The van der Waals surface area contributed by atoms with E-state index in [2.05, 4.69) is 0 Å². The lowest BCUT2D eigenvalue weighted by Crippen LogP contribution is -2.04. The molecule has 0 radical (unpaired) electrons. The van der Waals surface area contributed by atoms with E-state index in [1.165, 1.54) is 0 Å². The van der Waals surface area contributed by atoms with Gasteiger partial charge in [0, 0.05) is 12.8 Å². The topological polar surface area (TPSA) is 37.3 Å². The molecule has 0 aromatic rings. The molecule has 0 aliphatic rings. The number of Topliss-reactive ketones (excluding diaryl/α,β-unsaturated/α-hetero) is 1. The van der Waals surface area contributed by atoms with Crippen LogP contribution >= 0.6 is 0 Å². The van der Waals surface area contributed by atoms with Crippen LogP contribution in [0, 0.1) is 0 Å². The van der Waals surface area contributed by atoms with Crippen molar-refractivity contribution in [2.75, 3.05) is 0 Å². The Morgan fingerprint density at radius 3 is 2.50 bits per heavy atom. The van der Waals surface area contributed by atoms with Gasteiger partial charge in [0.2, 0.25) is 0 Å². The summed E-state index contributed by atoms with van der Waals surface area (Å²) >= 11 is 0. The first-order chi connectivity index (χ1) is 4.66. The molecule has 0 spiro atoms. The van der Waals surface area contributed by atoms with Crippen molar-refractivity contribution in [2.24, 2.45) is 0 Å². The van der Waals surface area contributed by atoms with E-state index >= 15 is 0 Å². The normalized spacial score (nSPS) is 13.1. The molecule has 1 N–H and O–H groups in total. The van der Waals surface area contributed by atoms with Crippen molar-refractivity contribution in [3.8, 4) is 0 Å². The first-order valence-electron chi connectivity index (χ1n) is 3.86. The molecular weight excluding hydrogens is 128 g/mol. The highest BCUT2D eigenvalue weighted by atomic mass is 16.3. The van der Waals surface area contributed by atoms with E-state index in [0.717, 1.165) is 6.42 Å². The highest BCUT2D eigenvalue weighted by Gasteiger charge is 2.01. The van der Waals surface area contributed by atoms with E-state index < -0.39 is 0 Å². The average molecular weight is 144 g/mol. The maximum Gasteiger partial charge on any atom is 0.132 e. The Balaban J connectivity index is 3.22. The molecule has 60 valence electrons. The Labute approximate surface area is 62.2 Å². The van der Waals surface area contributed by atoms with Gasteiger partial charge in [0.25, 0.3) is 0 Å². The van der Waals surface area contributed by atoms with Gasteiger partial charge >= 0.3 is 0 Å². The summed E-state index contributed by atoms with van der Waals surface area (Å²) in [4.78, 5) is 10.8. The fourth-order valence-corrected chi connectivity index (χ4v) is 0.774. The molecule has 2 nitrogen and oxygen atoms in total. The summed E-state index contributed by atoms with van der Waals surface area (Å²) < 4.78 is 0. The molecule has 0 rings (SSSR count). The number of carbonyl (C=O) groups is 1. The minimum Gasteiger partial charge on any atom is -0.393 e. The van der Waals surface area contributed by atoms with Gasteiger partial charge in [-0.05, 0) is 19.8 Å². The summed E-state index contributed by atoms with van der Waals surface area (Å²) in [5.41, 5.74) is 0. The van der Waals surface area contributed by atoms with Crippen LogP contribution in [-0.2, 0) is 4.79 Å². The lowest BCUT2D eigenvalue weighted by atomic mass is 10.1. The fourth-order valence-electron chi connectivity index (χ4n) is 0.774. The Morgan fingerprint density at radius 2 is 2.10 bits per heavy atom. The van der Waals surface area contributed by atoms with Gasteiger partial charge < -0.3 is 5.11 Å². The second kappa shape index (κ2) is 5.42. The Bertz CT molecular complexity index is 97.4. The lowest BCUT2D eigenvalue weighted by Gasteiger charge is -2.01. The summed E-state index contributed by atoms with van der Waals surface area (Å²) in [5, 5.41) is 8.82. The second-order valence-corrected chi connectivity index (χ2v) is 2.68. The van der Waals surface area contributed by atoms with E-state index in [1.807, 2.05) is 6.92 Å². The quantitative estimate of drug-likeness (QED) is 0.635. The number of carbonyl (C=O) groups excluding carboxylic acids is 1. The third-order valence-corrected chi connectivity index (χ3v) is 1.37. The maximum absolute atomic E-state index is 10.8. The van der Waals surface area contributed by atoms with Gasteiger partial charge in [-0.3, -0.25) is 4.79 Å². The van der Waals surface area contributed by atoms with Gasteiger partial charge in [0.15, 0.2) is 0 Å². The monoisotopic (exact) mass is 144 g/mol. The molecule has 0 fully saturated rings. The second-order valence-electron chi connectivity index (χ2n) is 2.68. The van der Waals surface area contributed by atoms with Crippen LogP contribution in [0.1, 0.15) is 39.5 Å². The van der Waals surface area contributed by atoms with E-state index in [4.69, 9.17) is 5.11 Å². The minimum atomic E-state index is -0.333. The third kappa shape index (κ3) is 5.76. The molecular formula is C8H16O2. The minimum absolute atomic E-state index is 0.267. The van der Waals surface area contributed by atoms with Gasteiger partial charge in [0.1, 0.15) is 5.78 Å². The molecule has 0 heterocycles. The predicted octanol–water partition coefficient (Wildman–Crippen LogP) is 1.52. The van der Waals surface area contributed by atoms with Gasteiger partial charge in [-0.15, -0.1) is 0 Å². The van der Waals surface area contributed by atoms with Crippen LogP contribution in [0.25, 0.3) is 0 Å². The first kappa shape index (κ1) is 9.63. The van der Waals surface area contributed by atoms with Crippen molar-refractivity contribution < 1.29 is 9.90 Å². The molecule has 1 atom stereocenters. The van der Waals surface area contributed by atoms with E-state index in [9.17, 15) is 4.79 Å². The molecule has 0 aromatic carbocycles. The zero-order valence-electron chi connectivity index (χ0n) is 6.76. The van der Waals surface area contributed by atoms with E-state index in [0.29, 0.717) is 19.3 Å². The number of hydrogen-bond donors (Lipinski definition) is 1. The summed E-state index contributed by atoms with van der Waals surface area (Å²) in [6.45, 7) is 3.69. The van der Waals surface area contributed by atoms with Crippen LogP contribution in [0.5, 0.6) is 0 Å². The number of ketones is 1. The Hall–Kier alpha value is -0.370. The zero-order chi connectivity index (χ0) is 7.98. The summed E-state index contributed by atoms with van der Waals surface area (Å²) in [6.07, 6.45) is 2.39. The van der Waals surface area contributed by atoms with E-state index in [-0.39, 0.29) is 11.9 Å². The van der Waals surface area contributed by atoms with Crippen molar-refractivity contribution in [1.82, 2.24) is 0 Å². The molecule has 0 amide bonds. The summed E-state index contributed by atoms with van der Waals surface area (Å²) in [7, 11) is 0. The van der Waals surface area contributed by atoms with Crippen molar-refractivity contribution in [3.05, 3.63) is 0 Å². The lowest BCUT2D eigenvalue weighted by molar-refractivity contribution is -0.119. The molecule has 0 saturated heterocycles. The highest BCUT2D eigenvalue weighted by molar-refractivity contribution is 5.78. The summed E-state index contributed by atoms with van der Waals surface area (Å²) in [6, 6.07) is 0. The van der Waals surface area contributed by atoms with Crippen molar-refractivity contribution in [3.63, 3.8) is 0 Å². The van der Waals surface area contributed by atoms with Crippen LogP contribution in [0.4, 0.5) is 0 Å². The largest absolute Gasteiger partial charge is 0.393 e. The number of aliphatic hydroxyl groups is 1. The van der Waals surface area contributed by atoms with Gasteiger partial charge in [-0.25, -0.2) is 0 Å². The molecule has 0 aromatic heterocycles. The van der Waals surface area contributed by atoms with Crippen molar-refractivity contribution in [1.29, 1.82) is 0 Å². The third-order valence-electron chi connectivity index (χ3n) is 1.37. The molecule has 10 heavy (non-hydrogen) atoms. The Morgan fingerprint density at radius 1 is 1.50 bits per heavy atom. The molecule has 2 heteroatoms. The van der Waals surface area contributed by atoms with Crippen LogP contribution in [0.15, 0.2) is 0 Å². The standard InChI is InChI=1S/C8H16O2/c1-3-4-8(10)6-5-7(2)9/h7,9H,3-6H2,1-2H3. The van der Waals surface area contributed by atoms with Gasteiger partial charge in [-0.1, -0.05) is 6.92 Å². The molecule has 0 bridgehead atoms.